The molecule has 140 valence electrons. The molecule has 8 heteroatoms. The molecule has 2 rings (SSSR count). The lowest BCUT2D eigenvalue weighted by atomic mass is 10.0. The number of benzene rings is 2. The maximum Gasteiger partial charge on any atom is 0.235 e. The number of rotatable bonds is 8. The van der Waals surface area contributed by atoms with E-state index >= 15 is 0 Å². The smallest absolute Gasteiger partial charge is 0.235 e. The molecule has 0 atom stereocenters. The third-order valence-electron chi connectivity index (χ3n) is 3.70. The van der Waals surface area contributed by atoms with Gasteiger partial charge in [-0.1, -0.05) is 0 Å². The zero-order valence-corrected chi connectivity index (χ0v) is 15.5. The molecule has 6 nitrogen and oxygen atoms in total. The Balaban J connectivity index is 2.36. The largest absolute Gasteiger partial charge is 0.495 e. The molecular weight excluding hydrogens is 361 g/mol. The predicted octanol–water partition coefficient (Wildman–Crippen LogP) is 2.76. The van der Waals surface area contributed by atoms with Crippen molar-refractivity contribution in [2.24, 2.45) is 0 Å². The molecule has 0 unspecified atom stereocenters. The first-order valence-electron chi connectivity index (χ1n) is 7.75. The third-order valence-corrected chi connectivity index (χ3v) is 4.94. The first-order chi connectivity index (χ1) is 12.3. The molecule has 0 aliphatic rings. The van der Waals surface area contributed by atoms with Crippen LogP contribution in [-0.2, 0) is 14.8 Å². The Hall–Kier alpha value is -2.45. The fraction of sp³-hybridized carbons (Fsp3) is 0.278. The van der Waals surface area contributed by atoms with Gasteiger partial charge < -0.3 is 9.47 Å². The second-order valence-corrected chi connectivity index (χ2v) is 7.46. The topological polar surface area (TPSA) is 81.7 Å². The molecule has 0 aromatic heterocycles. The summed E-state index contributed by atoms with van der Waals surface area (Å²) in [6.07, 6.45) is 0. The third kappa shape index (κ3) is 4.80. The van der Waals surface area contributed by atoms with Crippen LogP contribution in [0.4, 0.5) is 10.1 Å². The fourth-order valence-electron chi connectivity index (χ4n) is 2.29. The van der Waals surface area contributed by atoms with Gasteiger partial charge in [0, 0.05) is 18.2 Å². The van der Waals surface area contributed by atoms with Crippen LogP contribution in [0.5, 0.6) is 5.75 Å². The Morgan fingerprint density at radius 1 is 1.12 bits per heavy atom. The SMILES string of the molecule is COCCS(=O)(=O)Nc1cc(C(=O)c2ccc(F)c(C)c2)ccc1OC. The van der Waals surface area contributed by atoms with Crippen molar-refractivity contribution in [2.45, 2.75) is 6.92 Å². The number of nitrogens with one attached hydrogen (secondary N) is 1. The van der Waals surface area contributed by atoms with Gasteiger partial charge in [0.25, 0.3) is 0 Å². The van der Waals surface area contributed by atoms with Gasteiger partial charge in [-0.2, -0.15) is 0 Å². The molecule has 0 spiro atoms. The number of ketones is 1. The molecule has 2 aromatic carbocycles. The van der Waals surface area contributed by atoms with Gasteiger partial charge in [-0.05, 0) is 48.9 Å². The highest BCUT2D eigenvalue weighted by molar-refractivity contribution is 7.92. The van der Waals surface area contributed by atoms with E-state index in [0.717, 1.165) is 0 Å². The number of aryl methyl sites for hydroxylation is 1. The first kappa shape index (κ1) is 19.9. The van der Waals surface area contributed by atoms with Crippen LogP contribution in [0.15, 0.2) is 36.4 Å². The van der Waals surface area contributed by atoms with Crippen molar-refractivity contribution in [3.8, 4) is 5.75 Å². The highest BCUT2D eigenvalue weighted by Crippen LogP contribution is 2.28. The van der Waals surface area contributed by atoms with E-state index in [1.54, 1.807) is 6.92 Å². The molecule has 0 saturated carbocycles. The van der Waals surface area contributed by atoms with E-state index < -0.39 is 15.8 Å². The van der Waals surface area contributed by atoms with E-state index in [1.165, 1.54) is 50.6 Å². The number of halogens is 1. The fourth-order valence-corrected chi connectivity index (χ4v) is 3.28. The van der Waals surface area contributed by atoms with Crippen LogP contribution in [0.2, 0.25) is 0 Å². The number of hydrogen-bond acceptors (Lipinski definition) is 5. The average molecular weight is 381 g/mol. The maximum atomic E-state index is 13.4. The zero-order chi connectivity index (χ0) is 19.3. The number of anilines is 1. The first-order valence-corrected chi connectivity index (χ1v) is 9.41. The molecule has 0 radical (unpaired) electrons. The summed E-state index contributed by atoms with van der Waals surface area (Å²) < 4.78 is 49.9. The quantitative estimate of drug-likeness (QED) is 0.711. The lowest BCUT2D eigenvalue weighted by Gasteiger charge is -2.13. The number of ether oxygens (including phenoxy) is 2. The minimum atomic E-state index is -3.66. The van der Waals surface area contributed by atoms with Crippen LogP contribution in [0.1, 0.15) is 21.5 Å². The Labute approximate surface area is 152 Å². The van der Waals surface area contributed by atoms with E-state index in [4.69, 9.17) is 9.47 Å². The Morgan fingerprint density at radius 3 is 2.38 bits per heavy atom. The van der Waals surface area contributed by atoms with Gasteiger partial charge in [0.05, 0.1) is 25.2 Å². The summed E-state index contributed by atoms with van der Waals surface area (Å²) >= 11 is 0. The highest BCUT2D eigenvalue weighted by atomic mass is 32.2. The number of sulfonamides is 1. The van der Waals surface area contributed by atoms with Crippen molar-refractivity contribution in [3.63, 3.8) is 0 Å². The minimum Gasteiger partial charge on any atom is -0.495 e. The van der Waals surface area contributed by atoms with Gasteiger partial charge in [-0.25, -0.2) is 12.8 Å². The maximum absolute atomic E-state index is 13.4. The van der Waals surface area contributed by atoms with Crippen molar-refractivity contribution >= 4 is 21.5 Å². The molecule has 0 amide bonds. The van der Waals surface area contributed by atoms with E-state index in [9.17, 15) is 17.6 Å². The second-order valence-electron chi connectivity index (χ2n) is 5.62. The van der Waals surface area contributed by atoms with Crippen molar-refractivity contribution in [1.29, 1.82) is 0 Å². The van der Waals surface area contributed by atoms with E-state index in [1.807, 2.05) is 0 Å². The predicted molar refractivity (Wildman–Crippen MR) is 96.8 cm³/mol. The normalized spacial score (nSPS) is 11.2. The number of carbonyl (C=O) groups is 1. The van der Waals surface area contributed by atoms with E-state index in [-0.39, 0.29) is 35.1 Å². The minimum absolute atomic E-state index is 0.0329. The van der Waals surface area contributed by atoms with Crippen molar-refractivity contribution in [3.05, 3.63) is 58.9 Å². The summed E-state index contributed by atoms with van der Waals surface area (Å²) in [5, 5.41) is 0. The number of methoxy groups -OCH3 is 2. The van der Waals surface area contributed by atoms with Crippen LogP contribution >= 0.6 is 0 Å². The summed E-state index contributed by atoms with van der Waals surface area (Å²) in [6.45, 7) is 1.60. The van der Waals surface area contributed by atoms with Crippen LogP contribution in [0.25, 0.3) is 0 Å². The molecule has 2 aromatic rings. The molecule has 0 aliphatic carbocycles. The van der Waals surface area contributed by atoms with Crippen molar-refractivity contribution in [1.82, 2.24) is 0 Å². The Morgan fingerprint density at radius 2 is 1.77 bits per heavy atom. The van der Waals surface area contributed by atoms with Gasteiger partial charge >= 0.3 is 0 Å². The summed E-state index contributed by atoms with van der Waals surface area (Å²) in [7, 11) is -0.866. The molecule has 0 aliphatic heterocycles. The Bertz CT molecular complexity index is 912. The summed E-state index contributed by atoms with van der Waals surface area (Å²) in [4.78, 5) is 12.6. The lowest BCUT2D eigenvalue weighted by Crippen LogP contribution is -2.20. The molecule has 0 heterocycles. The molecule has 26 heavy (non-hydrogen) atoms. The lowest BCUT2D eigenvalue weighted by molar-refractivity contribution is 0.103. The summed E-state index contributed by atoms with van der Waals surface area (Å²) in [6, 6.07) is 8.47. The summed E-state index contributed by atoms with van der Waals surface area (Å²) in [5.74, 6) is -0.712. The molecular formula is C18H20FNO5S. The van der Waals surface area contributed by atoms with Crippen molar-refractivity contribution in [2.75, 3.05) is 31.3 Å². The molecule has 1 N–H and O–H groups in total. The average Bonchev–Trinajstić information content (AvgIpc) is 2.61. The van der Waals surface area contributed by atoms with Crippen molar-refractivity contribution < 1.29 is 27.1 Å². The van der Waals surface area contributed by atoms with Gasteiger partial charge in [-0.15, -0.1) is 0 Å². The molecule has 0 saturated heterocycles. The van der Waals surface area contributed by atoms with Gasteiger partial charge in [0.2, 0.25) is 10.0 Å². The number of hydrogen-bond donors (Lipinski definition) is 1. The van der Waals surface area contributed by atoms with Crippen LogP contribution in [0.3, 0.4) is 0 Å². The van der Waals surface area contributed by atoms with Crippen LogP contribution < -0.4 is 9.46 Å². The van der Waals surface area contributed by atoms with Crippen LogP contribution in [0, 0.1) is 12.7 Å². The molecule has 0 bridgehead atoms. The monoisotopic (exact) mass is 381 g/mol. The van der Waals surface area contributed by atoms with Gasteiger partial charge in [-0.3, -0.25) is 9.52 Å². The Kier molecular flexibility index (Phi) is 6.33. The van der Waals surface area contributed by atoms with E-state index in [0.29, 0.717) is 11.1 Å². The zero-order valence-electron chi connectivity index (χ0n) is 14.7. The number of carbonyl (C=O) groups excluding carboxylic acids is 1. The standard InChI is InChI=1S/C18H20FNO5S/c1-12-10-13(4-6-15(12)19)18(21)14-5-7-17(25-3)16(11-14)20-26(22,23)9-8-24-2/h4-7,10-11,20H,8-9H2,1-3H3. The van der Waals surface area contributed by atoms with Gasteiger partial charge in [0.15, 0.2) is 5.78 Å². The second kappa shape index (κ2) is 8.29. The van der Waals surface area contributed by atoms with E-state index in [2.05, 4.69) is 4.72 Å². The molecule has 0 fully saturated rings. The van der Waals surface area contributed by atoms with Crippen LogP contribution in [-0.4, -0.2) is 40.8 Å². The van der Waals surface area contributed by atoms with Gasteiger partial charge in [0.1, 0.15) is 11.6 Å². The highest BCUT2D eigenvalue weighted by Gasteiger charge is 2.17. The summed E-state index contributed by atoms with van der Waals surface area (Å²) in [5.41, 5.74) is 1.06.